The second-order valence-electron chi connectivity index (χ2n) is 3.89. The molecule has 1 aliphatic heterocycles. The Morgan fingerprint density at radius 1 is 1.50 bits per heavy atom. The number of rotatable bonds is 2. The Morgan fingerprint density at radius 3 is 2.62 bits per heavy atom. The summed E-state index contributed by atoms with van der Waals surface area (Å²) >= 11 is 0. The van der Waals surface area contributed by atoms with Crippen LogP contribution in [0.2, 0.25) is 0 Å². The van der Waals surface area contributed by atoms with Gasteiger partial charge in [-0.1, -0.05) is 6.92 Å². The van der Waals surface area contributed by atoms with Crippen molar-refractivity contribution < 1.29 is 13.2 Å². The van der Waals surface area contributed by atoms with Crippen LogP contribution in [0.5, 0.6) is 0 Å². The number of nitrogens with zero attached hydrogens (tertiary/aromatic N) is 3. The molecule has 0 radical (unpaired) electrons. The highest BCUT2D eigenvalue weighted by Gasteiger charge is 2.32. The molecule has 1 fully saturated rings. The van der Waals surface area contributed by atoms with E-state index in [9.17, 15) is 8.42 Å². The normalized spacial score (nSPS) is 26.2. The van der Waals surface area contributed by atoms with Crippen LogP contribution in [-0.4, -0.2) is 29.8 Å². The predicted molar refractivity (Wildman–Crippen MR) is 56.5 cm³/mol. The summed E-state index contributed by atoms with van der Waals surface area (Å²) in [6.07, 6.45) is 0.727. The fourth-order valence-corrected chi connectivity index (χ4v) is 2.77. The molecule has 2 atom stereocenters. The van der Waals surface area contributed by atoms with Gasteiger partial charge in [-0.05, 0) is 12.3 Å². The van der Waals surface area contributed by atoms with Crippen molar-refractivity contribution in [1.82, 2.24) is 14.8 Å². The van der Waals surface area contributed by atoms with Crippen molar-refractivity contribution in [3.05, 3.63) is 5.82 Å². The topological polar surface area (TPSA) is 74.1 Å². The molecule has 1 saturated heterocycles. The fourth-order valence-electron chi connectivity index (χ4n) is 1.81. The lowest BCUT2D eigenvalue weighted by Gasteiger charge is -2.13. The maximum absolute atomic E-state index is 11.2. The third-order valence-electron chi connectivity index (χ3n) is 2.73. The smallest absolute Gasteiger partial charge is 0.296 e. The summed E-state index contributed by atoms with van der Waals surface area (Å²) < 4.78 is 29.2. The standard InChI is InChI=1S/C8H12ClN3O3S/c1-5-3-4-15-6(5)7-10-11-8(12(7)2)16(9,13)14/h5-6H,3-4H2,1-2H3. The van der Waals surface area contributed by atoms with Gasteiger partial charge in [0.25, 0.3) is 14.2 Å². The molecule has 90 valence electrons. The summed E-state index contributed by atoms with van der Waals surface area (Å²) in [5.74, 6) is 0.804. The van der Waals surface area contributed by atoms with Crippen molar-refractivity contribution in [1.29, 1.82) is 0 Å². The van der Waals surface area contributed by atoms with E-state index in [2.05, 4.69) is 10.2 Å². The summed E-state index contributed by atoms with van der Waals surface area (Å²) in [7, 11) is 2.94. The quantitative estimate of drug-likeness (QED) is 0.741. The van der Waals surface area contributed by atoms with Crippen LogP contribution < -0.4 is 0 Å². The number of ether oxygens (including phenoxy) is 1. The van der Waals surface area contributed by atoms with Gasteiger partial charge in [-0.15, -0.1) is 10.2 Å². The van der Waals surface area contributed by atoms with E-state index in [1.807, 2.05) is 6.92 Å². The first-order valence-electron chi connectivity index (χ1n) is 4.87. The van der Waals surface area contributed by atoms with Gasteiger partial charge in [0.2, 0.25) is 0 Å². The minimum atomic E-state index is -3.85. The molecule has 1 aromatic heterocycles. The maximum atomic E-state index is 11.2. The average molecular weight is 266 g/mol. The van der Waals surface area contributed by atoms with Gasteiger partial charge in [-0.3, -0.25) is 0 Å². The van der Waals surface area contributed by atoms with Gasteiger partial charge in [0, 0.05) is 24.3 Å². The minimum Gasteiger partial charge on any atom is -0.370 e. The number of hydrogen-bond acceptors (Lipinski definition) is 5. The SMILES string of the molecule is CC1CCOC1c1nnc(S(=O)(=O)Cl)n1C. The van der Waals surface area contributed by atoms with E-state index in [4.69, 9.17) is 15.4 Å². The van der Waals surface area contributed by atoms with Gasteiger partial charge in [0.1, 0.15) is 6.10 Å². The third-order valence-corrected chi connectivity index (χ3v) is 3.93. The first-order valence-corrected chi connectivity index (χ1v) is 7.17. The Morgan fingerprint density at radius 2 is 2.19 bits per heavy atom. The van der Waals surface area contributed by atoms with E-state index in [0.29, 0.717) is 18.3 Å². The second kappa shape index (κ2) is 3.97. The summed E-state index contributed by atoms with van der Waals surface area (Å²) in [6, 6.07) is 0. The first-order chi connectivity index (χ1) is 7.41. The maximum Gasteiger partial charge on any atom is 0.296 e. The monoisotopic (exact) mass is 265 g/mol. The van der Waals surface area contributed by atoms with Gasteiger partial charge in [-0.2, -0.15) is 0 Å². The average Bonchev–Trinajstić information content (AvgIpc) is 2.70. The van der Waals surface area contributed by atoms with Crippen LogP contribution in [0.4, 0.5) is 0 Å². The van der Waals surface area contributed by atoms with Crippen LogP contribution in [0, 0.1) is 5.92 Å². The highest BCUT2D eigenvalue weighted by atomic mass is 35.7. The molecule has 0 aliphatic carbocycles. The van der Waals surface area contributed by atoms with Gasteiger partial charge in [0.05, 0.1) is 0 Å². The summed E-state index contributed by atoms with van der Waals surface area (Å²) in [5, 5.41) is 7.17. The Bertz CT molecular complexity index is 499. The molecule has 0 bridgehead atoms. The predicted octanol–water partition coefficient (Wildman–Crippen LogP) is 0.840. The minimum absolute atomic E-state index is 0.204. The molecule has 0 amide bonds. The molecule has 1 aliphatic rings. The second-order valence-corrected chi connectivity index (χ2v) is 6.35. The number of hydrogen-bond donors (Lipinski definition) is 0. The van der Waals surface area contributed by atoms with Crippen molar-refractivity contribution >= 4 is 19.7 Å². The Kier molecular flexibility index (Phi) is 2.93. The van der Waals surface area contributed by atoms with E-state index >= 15 is 0 Å². The van der Waals surface area contributed by atoms with Crippen LogP contribution in [0.15, 0.2) is 5.16 Å². The molecule has 8 heteroatoms. The van der Waals surface area contributed by atoms with Crippen molar-refractivity contribution in [3.8, 4) is 0 Å². The molecule has 16 heavy (non-hydrogen) atoms. The van der Waals surface area contributed by atoms with E-state index in [0.717, 1.165) is 6.42 Å². The van der Waals surface area contributed by atoms with Crippen molar-refractivity contribution in [3.63, 3.8) is 0 Å². The lowest BCUT2D eigenvalue weighted by Crippen LogP contribution is -2.12. The lowest BCUT2D eigenvalue weighted by atomic mass is 10.0. The molecule has 6 nitrogen and oxygen atoms in total. The molecule has 2 heterocycles. The molecular formula is C8H12ClN3O3S. The van der Waals surface area contributed by atoms with E-state index in [1.165, 1.54) is 4.57 Å². The van der Waals surface area contributed by atoms with Crippen LogP contribution in [0.3, 0.4) is 0 Å². The molecular weight excluding hydrogens is 254 g/mol. The highest BCUT2D eigenvalue weighted by molar-refractivity contribution is 8.13. The lowest BCUT2D eigenvalue weighted by molar-refractivity contribution is 0.0844. The number of aromatic nitrogens is 3. The third kappa shape index (κ3) is 1.94. The summed E-state index contributed by atoms with van der Waals surface area (Å²) in [4.78, 5) is 0. The van der Waals surface area contributed by atoms with Crippen molar-refractivity contribution in [2.24, 2.45) is 13.0 Å². The zero-order chi connectivity index (χ0) is 11.9. The fraction of sp³-hybridized carbons (Fsp3) is 0.750. The molecule has 0 saturated carbocycles. The Labute approximate surface area is 98.0 Å². The number of halogens is 1. The van der Waals surface area contributed by atoms with Crippen molar-refractivity contribution in [2.45, 2.75) is 24.6 Å². The zero-order valence-electron chi connectivity index (χ0n) is 8.92. The van der Waals surface area contributed by atoms with Crippen molar-refractivity contribution in [2.75, 3.05) is 6.61 Å². The zero-order valence-corrected chi connectivity index (χ0v) is 10.5. The van der Waals surface area contributed by atoms with Crippen LogP contribution in [0.1, 0.15) is 25.3 Å². The summed E-state index contributed by atoms with van der Waals surface area (Å²) in [6.45, 7) is 2.68. The molecule has 1 aromatic rings. The molecule has 2 unspecified atom stereocenters. The van der Waals surface area contributed by atoms with Gasteiger partial charge < -0.3 is 9.30 Å². The van der Waals surface area contributed by atoms with E-state index < -0.39 is 9.05 Å². The molecule has 2 rings (SSSR count). The van der Waals surface area contributed by atoms with Gasteiger partial charge in [-0.25, -0.2) is 8.42 Å². The van der Waals surface area contributed by atoms with Crippen LogP contribution in [-0.2, 0) is 20.8 Å². The highest BCUT2D eigenvalue weighted by Crippen LogP contribution is 2.33. The first kappa shape index (κ1) is 11.8. The largest absolute Gasteiger partial charge is 0.370 e. The Balaban J connectivity index is 2.41. The van der Waals surface area contributed by atoms with E-state index in [1.54, 1.807) is 7.05 Å². The van der Waals surface area contributed by atoms with Crippen LogP contribution in [0.25, 0.3) is 0 Å². The van der Waals surface area contributed by atoms with E-state index in [-0.39, 0.29) is 11.3 Å². The van der Waals surface area contributed by atoms with Gasteiger partial charge >= 0.3 is 0 Å². The molecule has 0 N–H and O–H groups in total. The summed E-state index contributed by atoms with van der Waals surface area (Å²) in [5.41, 5.74) is 0. The van der Waals surface area contributed by atoms with Gasteiger partial charge in [0.15, 0.2) is 5.82 Å². The Hall–Kier alpha value is -0.660. The molecule has 0 aromatic carbocycles. The molecule has 0 spiro atoms. The van der Waals surface area contributed by atoms with Crippen LogP contribution >= 0.6 is 10.7 Å².